The first-order chi connectivity index (χ1) is 13.1. The smallest absolute Gasteiger partial charge is 0.261 e. The highest BCUT2D eigenvalue weighted by molar-refractivity contribution is 6.13. The van der Waals surface area contributed by atoms with Crippen molar-refractivity contribution in [1.29, 1.82) is 0 Å². The van der Waals surface area contributed by atoms with Crippen LogP contribution in [0, 0.1) is 6.92 Å². The molecule has 0 saturated heterocycles. The first kappa shape index (κ1) is 16.8. The molecule has 0 spiro atoms. The van der Waals surface area contributed by atoms with Gasteiger partial charge in [-0.05, 0) is 30.7 Å². The number of aryl methyl sites for hydroxylation is 1. The Kier molecular flexibility index (Phi) is 4.30. The molecule has 1 aromatic heterocycles. The van der Waals surface area contributed by atoms with Gasteiger partial charge in [0, 0.05) is 22.2 Å². The number of H-pyrrole nitrogens is 1. The van der Waals surface area contributed by atoms with Gasteiger partial charge in [0.1, 0.15) is 5.56 Å². The van der Waals surface area contributed by atoms with Crippen molar-refractivity contribution in [1.82, 2.24) is 4.98 Å². The minimum absolute atomic E-state index is 0.112. The van der Waals surface area contributed by atoms with E-state index in [9.17, 15) is 9.59 Å². The Morgan fingerprint density at radius 2 is 1.52 bits per heavy atom. The molecule has 0 fully saturated rings. The largest absolute Gasteiger partial charge is 0.322 e. The van der Waals surface area contributed by atoms with Gasteiger partial charge in [-0.3, -0.25) is 9.59 Å². The lowest BCUT2D eigenvalue weighted by Gasteiger charge is -2.13. The fraction of sp³-hybridized carbons (Fsp3) is 0.0435. The predicted octanol–water partition coefficient (Wildman–Crippen LogP) is 4.76. The van der Waals surface area contributed by atoms with Crippen molar-refractivity contribution in [2.24, 2.45) is 0 Å². The zero-order valence-electron chi connectivity index (χ0n) is 14.8. The van der Waals surface area contributed by atoms with Crippen molar-refractivity contribution in [3.63, 3.8) is 0 Å². The Morgan fingerprint density at radius 1 is 0.852 bits per heavy atom. The summed E-state index contributed by atoms with van der Waals surface area (Å²) in [7, 11) is 0. The van der Waals surface area contributed by atoms with Crippen LogP contribution in [-0.2, 0) is 0 Å². The van der Waals surface area contributed by atoms with Crippen molar-refractivity contribution in [2.75, 3.05) is 5.32 Å². The highest BCUT2D eigenvalue weighted by atomic mass is 16.2. The van der Waals surface area contributed by atoms with Crippen LogP contribution in [0.5, 0.6) is 0 Å². The van der Waals surface area contributed by atoms with E-state index in [-0.39, 0.29) is 5.56 Å². The standard InChI is InChI=1S/C23H18N2O2/c1-15-11-13-17(14-12-15)24-22(26)21-20(16-7-3-2-4-8-16)18-9-5-6-10-19(18)25-23(21)27/h2-14H,1H3,(H,24,26)(H,25,27). The third-order valence-corrected chi connectivity index (χ3v) is 4.52. The number of carbonyl (C=O) groups is 1. The molecule has 1 amide bonds. The molecule has 3 aromatic carbocycles. The van der Waals surface area contributed by atoms with Crippen LogP contribution >= 0.6 is 0 Å². The average molecular weight is 354 g/mol. The minimum atomic E-state index is -0.426. The van der Waals surface area contributed by atoms with Crippen molar-refractivity contribution in [3.8, 4) is 11.1 Å². The number of anilines is 1. The molecule has 0 saturated carbocycles. The monoisotopic (exact) mass is 354 g/mol. The molecular weight excluding hydrogens is 336 g/mol. The van der Waals surface area contributed by atoms with Gasteiger partial charge in [-0.15, -0.1) is 0 Å². The fourth-order valence-corrected chi connectivity index (χ4v) is 3.19. The summed E-state index contributed by atoms with van der Waals surface area (Å²) < 4.78 is 0. The van der Waals surface area contributed by atoms with Crippen molar-refractivity contribution in [3.05, 3.63) is 100 Å². The van der Waals surface area contributed by atoms with Gasteiger partial charge in [0.25, 0.3) is 11.5 Å². The molecule has 132 valence electrons. The second-order valence-electron chi connectivity index (χ2n) is 6.44. The molecule has 1 heterocycles. The molecule has 0 bridgehead atoms. The number of pyridine rings is 1. The predicted molar refractivity (Wildman–Crippen MR) is 109 cm³/mol. The molecule has 0 unspecified atom stereocenters. The van der Waals surface area contributed by atoms with Gasteiger partial charge in [-0.25, -0.2) is 0 Å². The van der Waals surface area contributed by atoms with Gasteiger partial charge in [0.2, 0.25) is 0 Å². The summed E-state index contributed by atoms with van der Waals surface area (Å²) in [6, 6.07) is 24.5. The Hall–Kier alpha value is -3.66. The lowest BCUT2D eigenvalue weighted by molar-refractivity contribution is 0.102. The normalized spacial score (nSPS) is 10.7. The number of para-hydroxylation sites is 1. The molecule has 0 aliphatic carbocycles. The van der Waals surface area contributed by atoms with Crippen LogP contribution in [0.15, 0.2) is 83.7 Å². The quantitative estimate of drug-likeness (QED) is 0.557. The van der Waals surface area contributed by atoms with E-state index in [2.05, 4.69) is 10.3 Å². The Bertz CT molecular complexity index is 1180. The summed E-state index contributed by atoms with van der Waals surface area (Å²) in [5.41, 5.74) is 3.62. The maximum absolute atomic E-state index is 13.0. The third kappa shape index (κ3) is 3.25. The number of carbonyl (C=O) groups excluding carboxylic acids is 1. The summed E-state index contributed by atoms with van der Waals surface area (Å²) in [5.74, 6) is -0.426. The zero-order chi connectivity index (χ0) is 18.8. The number of amides is 1. The van der Waals surface area contributed by atoms with Gasteiger partial charge in [-0.2, -0.15) is 0 Å². The fourth-order valence-electron chi connectivity index (χ4n) is 3.19. The number of fused-ring (bicyclic) bond motifs is 1. The van der Waals surface area contributed by atoms with E-state index in [1.165, 1.54) is 0 Å². The highest BCUT2D eigenvalue weighted by Crippen LogP contribution is 2.29. The van der Waals surface area contributed by atoms with E-state index >= 15 is 0 Å². The summed E-state index contributed by atoms with van der Waals surface area (Å²) in [4.78, 5) is 28.7. The molecule has 0 atom stereocenters. The maximum atomic E-state index is 13.0. The molecule has 4 nitrogen and oxygen atoms in total. The molecule has 0 aliphatic rings. The lowest BCUT2D eigenvalue weighted by Crippen LogP contribution is -2.24. The van der Waals surface area contributed by atoms with Gasteiger partial charge < -0.3 is 10.3 Å². The summed E-state index contributed by atoms with van der Waals surface area (Å²) >= 11 is 0. The Balaban J connectivity index is 1.91. The second-order valence-corrected chi connectivity index (χ2v) is 6.44. The topological polar surface area (TPSA) is 62.0 Å². The number of benzene rings is 3. The van der Waals surface area contributed by atoms with Crippen LogP contribution in [0.1, 0.15) is 15.9 Å². The van der Waals surface area contributed by atoms with E-state index in [0.717, 1.165) is 16.5 Å². The summed E-state index contributed by atoms with van der Waals surface area (Å²) in [6.45, 7) is 1.98. The van der Waals surface area contributed by atoms with Crippen molar-refractivity contribution < 1.29 is 4.79 Å². The van der Waals surface area contributed by atoms with Crippen LogP contribution < -0.4 is 10.9 Å². The highest BCUT2D eigenvalue weighted by Gasteiger charge is 2.20. The average Bonchev–Trinajstić information content (AvgIpc) is 2.69. The van der Waals surface area contributed by atoms with Crippen LogP contribution in [-0.4, -0.2) is 10.9 Å². The van der Waals surface area contributed by atoms with Crippen molar-refractivity contribution >= 4 is 22.5 Å². The SMILES string of the molecule is Cc1ccc(NC(=O)c2c(-c3ccccc3)c3ccccc3[nH]c2=O)cc1. The molecule has 4 aromatic rings. The van der Waals surface area contributed by atoms with Crippen LogP contribution in [0.3, 0.4) is 0 Å². The van der Waals surface area contributed by atoms with Crippen molar-refractivity contribution in [2.45, 2.75) is 6.92 Å². The van der Waals surface area contributed by atoms with E-state index < -0.39 is 11.5 Å². The molecular formula is C23H18N2O2. The first-order valence-corrected chi connectivity index (χ1v) is 8.72. The number of hydrogen-bond donors (Lipinski definition) is 2. The number of nitrogens with one attached hydrogen (secondary N) is 2. The number of aromatic nitrogens is 1. The summed E-state index contributed by atoms with van der Waals surface area (Å²) in [6.07, 6.45) is 0. The van der Waals surface area contributed by atoms with Gasteiger partial charge >= 0.3 is 0 Å². The molecule has 0 aliphatic heterocycles. The van der Waals surface area contributed by atoms with E-state index in [1.54, 1.807) is 0 Å². The summed E-state index contributed by atoms with van der Waals surface area (Å²) in [5, 5.41) is 3.67. The minimum Gasteiger partial charge on any atom is -0.322 e. The number of aromatic amines is 1. The molecule has 2 N–H and O–H groups in total. The molecule has 4 heteroatoms. The van der Waals surface area contributed by atoms with E-state index in [1.807, 2.05) is 85.8 Å². The zero-order valence-corrected chi connectivity index (χ0v) is 14.8. The van der Waals surface area contributed by atoms with E-state index in [0.29, 0.717) is 16.8 Å². The lowest BCUT2D eigenvalue weighted by atomic mass is 9.95. The number of hydrogen-bond acceptors (Lipinski definition) is 2. The molecule has 0 radical (unpaired) electrons. The first-order valence-electron chi connectivity index (χ1n) is 8.72. The van der Waals surface area contributed by atoms with Crippen LogP contribution in [0.4, 0.5) is 5.69 Å². The molecule has 27 heavy (non-hydrogen) atoms. The molecule has 4 rings (SSSR count). The maximum Gasteiger partial charge on any atom is 0.261 e. The second kappa shape index (κ2) is 6.92. The van der Waals surface area contributed by atoms with E-state index in [4.69, 9.17) is 0 Å². The van der Waals surface area contributed by atoms with Gasteiger partial charge in [-0.1, -0.05) is 66.2 Å². The van der Waals surface area contributed by atoms with Gasteiger partial charge in [0.15, 0.2) is 0 Å². The third-order valence-electron chi connectivity index (χ3n) is 4.52. The Morgan fingerprint density at radius 3 is 2.26 bits per heavy atom. The van der Waals surface area contributed by atoms with Crippen LogP contribution in [0.2, 0.25) is 0 Å². The van der Waals surface area contributed by atoms with Gasteiger partial charge in [0.05, 0.1) is 0 Å². The van der Waals surface area contributed by atoms with Crippen LogP contribution in [0.25, 0.3) is 22.0 Å². The number of rotatable bonds is 3. The Labute approximate surface area is 156 Å².